The Bertz CT molecular complexity index is 739. The van der Waals surface area contributed by atoms with Gasteiger partial charge in [-0.3, -0.25) is 9.59 Å². The fourth-order valence-electron chi connectivity index (χ4n) is 4.30. The summed E-state index contributed by atoms with van der Waals surface area (Å²) in [5, 5.41) is 19.8. The van der Waals surface area contributed by atoms with Crippen molar-refractivity contribution in [1.29, 1.82) is 0 Å². The highest BCUT2D eigenvalue weighted by atomic mass is 16.6. The van der Waals surface area contributed by atoms with Crippen LogP contribution in [0.1, 0.15) is 142 Å². The van der Waals surface area contributed by atoms with Crippen molar-refractivity contribution in [3.05, 3.63) is 48.6 Å². The van der Waals surface area contributed by atoms with E-state index in [1.54, 1.807) is 0 Å². The number of ether oxygens (including phenoxy) is 2. The molecule has 6 heteroatoms. The fourth-order valence-corrected chi connectivity index (χ4v) is 4.30. The highest BCUT2D eigenvalue weighted by Gasteiger charge is 2.12. The molecule has 42 heavy (non-hydrogen) atoms. The molecule has 0 aliphatic carbocycles. The van der Waals surface area contributed by atoms with Gasteiger partial charge in [0.2, 0.25) is 0 Å². The number of aliphatic hydroxyl groups excluding tert-OH is 2. The Morgan fingerprint density at radius 3 is 1.71 bits per heavy atom. The molecule has 0 unspecified atom stereocenters. The molecule has 0 aliphatic rings. The van der Waals surface area contributed by atoms with E-state index in [1.165, 1.54) is 51.4 Å². The van der Waals surface area contributed by atoms with E-state index < -0.39 is 6.10 Å². The number of aliphatic hydroxyl groups is 2. The molecule has 0 saturated heterocycles. The minimum absolute atomic E-state index is 0.144. The standard InChI is InChI=1S/C36H62O6/c1-3-5-7-8-9-10-15-18-21-25-29-35(39)41-31-34(38)32-42-36(40)30-26-22-19-16-13-11-12-14-17-20-24-28-33(37)27-23-6-4-2/h11-12,16-17,19-20,24,28,33-34,37-38H,3-10,13-15,18,21-23,25-27,29-32H2,1-2H3/b12-11-,19-16-,20-17-,28-24+/t33-,34+/m1/s1. The molecule has 0 radical (unpaired) electrons. The van der Waals surface area contributed by atoms with E-state index in [9.17, 15) is 19.8 Å². The Balaban J connectivity index is 3.64. The van der Waals surface area contributed by atoms with Gasteiger partial charge >= 0.3 is 11.9 Å². The lowest BCUT2D eigenvalue weighted by Crippen LogP contribution is -2.25. The van der Waals surface area contributed by atoms with Crippen molar-refractivity contribution in [2.45, 2.75) is 154 Å². The van der Waals surface area contributed by atoms with Crippen LogP contribution in [0, 0.1) is 0 Å². The molecule has 0 aliphatic heterocycles. The van der Waals surface area contributed by atoms with Gasteiger partial charge in [-0.1, -0.05) is 140 Å². The molecule has 0 spiro atoms. The van der Waals surface area contributed by atoms with E-state index in [4.69, 9.17) is 9.47 Å². The van der Waals surface area contributed by atoms with Crippen molar-refractivity contribution in [3.8, 4) is 0 Å². The zero-order chi connectivity index (χ0) is 30.9. The van der Waals surface area contributed by atoms with Crippen molar-refractivity contribution in [2.75, 3.05) is 13.2 Å². The van der Waals surface area contributed by atoms with E-state index in [0.717, 1.165) is 57.8 Å². The first-order valence-corrected chi connectivity index (χ1v) is 16.8. The Morgan fingerprint density at radius 1 is 0.595 bits per heavy atom. The third-order valence-electron chi connectivity index (χ3n) is 6.92. The molecule has 2 N–H and O–H groups in total. The normalized spacial score (nSPS) is 13.5. The third kappa shape index (κ3) is 30.8. The minimum Gasteiger partial charge on any atom is -0.463 e. The van der Waals surface area contributed by atoms with Crippen LogP contribution < -0.4 is 0 Å². The molecule has 0 aromatic carbocycles. The van der Waals surface area contributed by atoms with E-state index in [0.29, 0.717) is 12.8 Å². The first kappa shape index (κ1) is 39.8. The molecular weight excluding hydrogens is 528 g/mol. The summed E-state index contributed by atoms with van der Waals surface area (Å²) in [6.07, 6.45) is 34.9. The van der Waals surface area contributed by atoms with Crippen LogP contribution >= 0.6 is 0 Å². The minimum atomic E-state index is -0.995. The summed E-state index contributed by atoms with van der Waals surface area (Å²) < 4.78 is 10.2. The summed E-state index contributed by atoms with van der Waals surface area (Å²) >= 11 is 0. The van der Waals surface area contributed by atoms with Gasteiger partial charge in [0, 0.05) is 12.8 Å². The number of rotatable bonds is 29. The van der Waals surface area contributed by atoms with Gasteiger partial charge in [0.05, 0.1) is 6.10 Å². The fraction of sp³-hybridized carbons (Fsp3) is 0.722. The van der Waals surface area contributed by atoms with Crippen LogP contribution in [0.3, 0.4) is 0 Å². The summed E-state index contributed by atoms with van der Waals surface area (Å²) in [6.45, 7) is 4.09. The average Bonchev–Trinajstić information content (AvgIpc) is 2.98. The molecule has 0 amide bonds. The summed E-state index contributed by atoms with van der Waals surface area (Å²) in [5.74, 6) is -0.659. The van der Waals surface area contributed by atoms with Crippen molar-refractivity contribution in [1.82, 2.24) is 0 Å². The lowest BCUT2D eigenvalue weighted by atomic mass is 10.1. The number of unbranched alkanes of at least 4 members (excludes halogenated alkanes) is 12. The maximum absolute atomic E-state index is 11.9. The molecule has 0 fully saturated rings. The molecule has 0 aromatic heterocycles. The zero-order valence-electron chi connectivity index (χ0n) is 26.9. The molecule has 6 nitrogen and oxygen atoms in total. The largest absolute Gasteiger partial charge is 0.463 e. The Morgan fingerprint density at radius 2 is 1.10 bits per heavy atom. The van der Waals surface area contributed by atoms with Crippen LogP contribution in [0.25, 0.3) is 0 Å². The van der Waals surface area contributed by atoms with Crippen molar-refractivity contribution >= 4 is 11.9 Å². The number of carbonyl (C=O) groups is 2. The Labute approximate surface area is 257 Å². The summed E-state index contributed by atoms with van der Waals surface area (Å²) in [4.78, 5) is 23.7. The predicted octanol–water partition coefficient (Wildman–Crippen LogP) is 8.86. The summed E-state index contributed by atoms with van der Waals surface area (Å²) in [5.41, 5.74) is 0. The van der Waals surface area contributed by atoms with Gasteiger partial charge in [-0.25, -0.2) is 0 Å². The second-order valence-corrected chi connectivity index (χ2v) is 11.1. The molecule has 2 atom stereocenters. The van der Waals surface area contributed by atoms with E-state index in [2.05, 4.69) is 44.2 Å². The molecule has 0 rings (SSSR count). The van der Waals surface area contributed by atoms with Gasteiger partial charge in [0.1, 0.15) is 19.3 Å². The first-order chi connectivity index (χ1) is 20.5. The molecule has 0 saturated carbocycles. The number of hydrogen-bond donors (Lipinski definition) is 2. The van der Waals surface area contributed by atoms with Crippen LogP contribution in [0.5, 0.6) is 0 Å². The maximum Gasteiger partial charge on any atom is 0.305 e. The monoisotopic (exact) mass is 590 g/mol. The van der Waals surface area contributed by atoms with Crippen molar-refractivity contribution in [2.24, 2.45) is 0 Å². The molecule has 0 heterocycles. The van der Waals surface area contributed by atoms with Gasteiger partial charge < -0.3 is 19.7 Å². The van der Waals surface area contributed by atoms with Crippen LogP contribution in [0.15, 0.2) is 48.6 Å². The van der Waals surface area contributed by atoms with E-state index in [-0.39, 0.29) is 37.7 Å². The summed E-state index contributed by atoms with van der Waals surface area (Å²) in [6, 6.07) is 0. The van der Waals surface area contributed by atoms with Gasteiger partial charge in [0.15, 0.2) is 0 Å². The number of carbonyl (C=O) groups excluding carboxylic acids is 2. The van der Waals surface area contributed by atoms with Crippen LogP contribution in [0.2, 0.25) is 0 Å². The quantitative estimate of drug-likeness (QED) is 0.0391. The van der Waals surface area contributed by atoms with Crippen LogP contribution in [0.4, 0.5) is 0 Å². The molecule has 0 aromatic rings. The number of hydrogen-bond acceptors (Lipinski definition) is 6. The van der Waals surface area contributed by atoms with Crippen molar-refractivity contribution < 1.29 is 29.3 Å². The van der Waals surface area contributed by atoms with Crippen LogP contribution in [-0.4, -0.2) is 47.6 Å². The highest BCUT2D eigenvalue weighted by molar-refractivity contribution is 5.69. The van der Waals surface area contributed by atoms with Gasteiger partial charge in [-0.05, 0) is 38.5 Å². The Kier molecular flexibility index (Phi) is 30.1. The second-order valence-electron chi connectivity index (χ2n) is 11.1. The molecule has 0 bridgehead atoms. The van der Waals surface area contributed by atoms with Crippen LogP contribution in [-0.2, 0) is 19.1 Å². The van der Waals surface area contributed by atoms with Gasteiger partial charge in [-0.2, -0.15) is 0 Å². The van der Waals surface area contributed by atoms with E-state index >= 15 is 0 Å². The SMILES string of the molecule is CCCCCCCCCCCCC(=O)OC[C@H](O)COC(=O)CCC/C=C\C/C=C\C/C=C\C=C\[C@H](O)CCCCC. The smallest absolute Gasteiger partial charge is 0.305 e. The molecular formula is C36H62O6. The van der Waals surface area contributed by atoms with Gasteiger partial charge in [0.25, 0.3) is 0 Å². The maximum atomic E-state index is 11.9. The van der Waals surface area contributed by atoms with Crippen molar-refractivity contribution in [3.63, 3.8) is 0 Å². The second kappa shape index (κ2) is 31.7. The first-order valence-electron chi connectivity index (χ1n) is 16.8. The zero-order valence-corrected chi connectivity index (χ0v) is 26.9. The topological polar surface area (TPSA) is 93.1 Å². The predicted molar refractivity (Wildman–Crippen MR) is 174 cm³/mol. The number of esters is 2. The number of allylic oxidation sites excluding steroid dienone is 7. The van der Waals surface area contributed by atoms with E-state index in [1.807, 2.05) is 18.2 Å². The Hall–Kier alpha value is -2.18. The lowest BCUT2D eigenvalue weighted by molar-refractivity contribution is -0.152. The lowest BCUT2D eigenvalue weighted by Gasteiger charge is -2.12. The third-order valence-corrected chi connectivity index (χ3v) is 6.92. The van der Waals surface area contributed by atoms with Gasteiger partial charge in [-0.15, -0.1) is 0 Å². The highest BCUT2D eigenvalue weighted by Crippen LogP contribution is 2.12. The molecule has 242 valence electrons. The average molecular weight is 591 g/mol. The summed E-state index contributed by atoms with van der Waals surface area (Å²) in [7, 11) is 0.